The summed E-state index contributed by atoms with van der Waals surface area (Å²) in [6.45, 7) is 2.02. The molecule has 5 heteroatoms. The van der Waals surface area contributed by atoms with Gasteiger partial charge in [0.05, 0.1) is 5.69 Å². The van der Waals surface area contributed by atoms with E-state index in [0.717, 1.165) is 10.2 Å². The zero-order valence-corrected chi connectivity index (χ0v) is 9.72. The molecule has 0 aliphatic heterocycles. The summed E-state index contributed by atoms with van der Waals surface area (Å²) in [5, 5.41) is 3.05. The Morgan fingerprint density at radius 2 is 2.21 bits per heavy atom. The molecule has 0 aromatic heterocycles. The number of aliphatic imine (C=N–C) groups is 1. The number of nitrogens with two attached hydrogens (primary N) is 1. The van der Waals surface area contributed by atoms with Gasteiger partial charge in [-0.2, -0.15) is 0 Å². The lowest BCUT2D eigenvalue weighted by Crippen LogP contribution is -2.36. The van der Waals surface area contributed by atoms with Crippen LogP contribution in [0.2, 0.25) is 0 Å². The van der Waals surface area contributed by atoms with Crippen LogP contribution in [0.3, 0.4) is 0 Å². The van der Waals surface area contributed by atoms with Gasteiger partial charge in [-0.3, -0.25) is 10.4 Å². The highest BCUT2D eigenvalue weighted by atomic mass is 79.9. The average molecular weight is 257 g/mol. The molecule has 0 bridgehead atoms. The predicted octanol–water partition coefficient (Wildman–Crippen LogP) is 1.62. The highest BCUT2D eigenvalue weighted by Gasteiger charge is 2.01. The monoisotopic (exact) mass is 256 g/mol. The minimum Gasteiger partial charge on any atom is -0.324 e. The molecule has 0 spiro atoms. The Kier molecular flexibility index (Phi) is 3.91. The number of nitrogens with one attached hydrogen (secondary N) is 2. The molecule has 76 valence electrons. The third-order valence-corrected chi connectivity index (χ3v) is 2.43. The number of halogens is 1. The maximum absolute atomic E-state index is 5.26. The van der Waals surface area contributed by atoms with Crippen LogP contribution in [0.15, 0.2) is 27.7 Å². The molecule has 1 rings (SSSR count). The molecule has 4 nitrogen and oxygen atoms in total. The molecule has 0 aliphatic rings. The molecule has 1 aromatic carbocycles. The van der Waals surface area contributed by atoms with Crippen LogP contribution >= 0.6 is 15.9 Å². The summed E-state index contributed by atoms with van der Waals surface area (Å²) < 4.78 is 0.972. The van der Waals surface area contributed by atoms with Gasteiger partial charge in [0, 0.05) is 11.5 Å². The van der Waals surface area contributed by atoms with E-state index in [-0.39, 0.29) is 0 Å². The van der Waals surface area contributed by atoms with Gasteiger partial charge in [0.2, 0.25) is 5.96 Å². The van der Waals surface area contributed by atoms with Crippen molar-refractivity contribution in [3.05, 3.63) is 28.2 Å². The van der Waals surface area contributed by atoms with Crippen molar-refractivity contribution in [3.8, 4) is 0 Å². The van der Waals surface area contributed by atoms with Crippen LogP contribution in [0.4, 0.5) is 5.69 Å². The van der Waals surface area contributed by atoms with Crippen molar-refractivity contribution in [1.82, 2.24) is 5.43 Å². The smallest absolute Gasteiger partial charge is 0.210 e. The minimum atomic E-state index is 0.524. The molecule has 0 saturated heterocycles. The quantitative estimate of drug-likeness (QED) is 0.310. The van der Waals surface area contributed by atoms with Gasteiger partial charge in [-0.25, -0.2) is 5.84 Å². The van der Waals surface area contributed by atoms with E-state index in [1.54, 1.807) is 7.05 Å². The zero-order valence-electron chi connectivity index (χ0n) is 8.13. The molecular weight excluding hydrogens is 244 g/mol. The van der Waals surface area contributed by atoms with Gasteiger partial charge < -0.3 is 5.32 Å². The first kappa shape index (κ1) is 11.0. The fourth-order valence-corrected chi connectivity index (χ4v) is 1.36. The molecule has 4 N–H and O–H groups in total. The summed E-state index contributed by atoms with van der Waals surface area (Å²) >= 11 is 3.43. The summed E-state index contributed by atoms with van der Waals surface area (Å²) in [6.07, 6.45) is 0. The molecule has 0 heterocycles. The Balaban J connectivity index is 2.90. The van der Waals surface area contributed by atoms with Gasteiger partial charge in [0.25, 0.3) is 0 Å². The lowest BCUT2D eigenvalue weighted by atomic mass is 10.2. The number of anilines is 1. The first-order valence-electron chi connectivity index (χ1n) is 4.14. The van der Waals surface area contributed by atoms with E-state index >= 15 is 0 Å². The van der Waals surface area contributed by atoms with Crippen LogP contribution in [0.25, 0.3) is 0 Å². The number of hydrogen-bond donors (Lipinski definition) is 3. The largest absolute Gasteiger partial charge is 0.324 e. The topological polar surface area (TPSA) is 62.4 Å². The second-order valence-corrected chi connectivity index (χ2v) is 3.68. The van der Waals surface area contributed by atoms with Crippen molar-refractivity contribution in [2.24, 2.45) is 10.8 Å². The van der Waals surface area contributed by atoms with E-state index in [4.69, 9.17) is 5.84 Å². The van der Waals surface area contributed by atoms with Crippen molar-refractivity contribution >= 4 is 27.6 Å². The maximum atomic E-state index is 5.26. The van der Waals surface area contributed by atoms with E-state index in [1.165, 1.54) is 5.56 Å². The van der Waals surface area contributed by atoms with Crippen molar-refractivity contribution in [1.29, 1.82) is 0 Å². The van der Waals surface area contributed by atoms with Gasteiger partial charge in [-0.1, -0.05) is 6.07 Å². The standard InChI is InChI=1S/C9H13BrN4/c1-6-3-4-7(10)8(5-6)13-9(12-2)14-11/h3-5H,11H2,1-2H3,(H2,12,13,14). The Labute approximate surface area is 91.7 Å². The molecule has 1 aromatic rings. The highest BCUT2D eigenvalue weighted by Crippen LogP contribution is 2.22. The number of guanidine groups is 1. The van der Waals surface area contributed by atoms with Crippen LogP contribution < -0.4 is 16.6 Å². The van der Waals surface area contributed by atoms with Gasteiger partial charge >= 0.3 is 0 Å². The van der Waals surface area contributed by atoms with Crippen molar-refractivity contribution in [3.63, 3.8) is 0 Å². The van der Waals surface area contributed by atoms with Gasteiger partial charge in [0.15, 0.2) is 0 Å². The van der Waals surface area contributed by atoms with Crippen LogP contribution in [-0.2, 0) is 0 Å². The summed E-state index contributed by atoms with van der Waals surface area (Å²) in [5.41, 5.74) is 4.57. The second kappa shape index (κ2) is 4.97. The molecule has 0 amide bonds. The van der Waals surface area contributed by atoms with Crippen LogP contribution in [-0.4, -0.2) is 13.0 Å². The number of hydrazine groups is 1. The summed E-state index contributed by atoms with van der Waals surface area (Å²) in [7, 11) is 1.66. The van der Waals surface area contributed by atoms with E-state index < -0.39 is 0 Å². The number of rotatable bonds is 1. The van der Waals surface area contributed by atoms with Crippen molar-refractivity contribution < 1.29 is 0 Å². The zero-order chi connectivity index (χ0) is 10.6. The Bertz CT molecular complexity index is 349. The third-order valence-electron chi connectivity index (χ3n) is 1.74. The lowest BCUT2D eigenvalue weighted by molar-refractivity contribution is 1.01. The summed E-state index contributed by atoms with van der Waals surface area (Å²) in [4.78, 5) is 3.92. The Hall–Kier alpha value is -1.07. The van der Waals surface area contributed by atoms with Gasteiger partial charge in [-0.15, -0.1) is 0 Å². The molecule has 0 aliphatic carbocycles. The Morgan fingerprint density at radius 3 is 2.79 bits per heavy atom. The van der Waals surface area contributed by atoms with E-state index in [1.807, 2.05) is 25.1 Å². The fraction of sp³-hybridized carbons (Fsp3) is 0.222. The van der Waals surface area contributed by atoms with Gasteiger partial charge in [-0.05, 0) is 40.5 Å². The molecular formula is C9H13BrN4. The summed E-state index contributed by atoms with van der Waals surface area (Å²) in [6, 6.07) is 6.00. The SMILES string of the molecule is CN=C(NN)Nc1cc(C)ccc1Br. The minimum absolute atomic E-state index is 0.524. The fourth-order valence-electron chi connectivity index (χ4n) is 1.02. The molecule has 0 atom stereocenters. The Morgan fingerprint density at radius 1 is 1.50 bits per heavy atom. The van der Waals surface area contributed by atoms with Crippen LogP contribution in [0, 0.1) is 6.92 Å². The first-order valence-corrected chi connectivity index (χ1v) is 4.93. The predicted molar refractivity (Wildman–Crippen MR) is 63.2 cm³/mol. The average Bonchev–Trinajstić information content (AvgIpc) is 2.19. The number of hydrogen-bond acceptors (Lipinski definition) is 2. The third kappa shape index (κ3) is 2.71. The molecule has 0 fully saturated rings. The van der Waals surface area contributed by atoms with Gasteiger partial charge in [0.1, 0.15) is 0 Å². The number of nitrogens with zero attached hydrogens (tertiary/aromatic N) is 1. The van der Waals surface area contributed by atoms with Crippen LogP contribution in [0.1, 0.15) is 5.56 Å². The van der Waals surface area contributed by atoms with E-state index in [0.29, 0.717) is 5.96 Å². The lowest BCUT2D eigenvalue weighted by Gasteiger charge is -2.10. The van der Waals surface area contributed by atoms with Crippen molar-refractivity contribution in [2.75, 3.05) is 12.4 Å². The van der Waals surface area contributed by atoms with E-state index in [9.17, 15) is 0 Å². The van der Waals surface area contributed by atoms with Crippen molar-refractivity contribution in [2.45, 2.75) is 6.92 Å². The highest BCUT2D eigenvalue weighted by molar-refractivity contribution is 9.10. The number of aryl methyl sites for hydroxylation is 1. The molecule has 14 heavy (non-hydrogen) atoms. The van der Waals surface area contributed by atoms with E-state index in [2.05, 4.69) is 31.7 Å². The van der Waals surface area contributed by atoms with Crippen LogP contribution in [0.5, 0.6) is 0 Å². The summed E-state index contributed by atoms with van der Waals surface area (Å²) in [5.74, 6) is 5.79. The normalized spacial score (nSPS) is 11.3. The number of benzene rings is 1. The first-order chi connectivity index (χ1) is 6.67. The molecule has 0 radical (unpaired) electrons. The second-order valence-electron chi connectivity index (χ2n) is 2.82. The molecule has 0 unspecified atom stereocenters. The molecule has 0 saturated carbocycles. The maximum Gasteiger partial charge on any atom is 0.210 e.